The molecule has 3 N–H and O–H groups in total. The Balaban J connectivity index is 5.23. The summed E-state index contributed by atoms with van der Waals surface area (Å²) in [6, 6.07) is 0. The summed E-state index contributed by atoms with van der Waals surface area (Å²) < 4.78 is 67.8. The van der Waals surface area contributed by atoms with Crippen molar-refractivity contribution in [2.24, 2.45) is 17.8 Å². The molecule has 17 nitrogen and oxygen atoms in total. The summed E-state index contributed by atoms with van der Waals surface area (Å²) in [5.74, 6) is 0.00471. The molecule has 480 valence electrons. The van der Waals surface area contributed by atoms with Crippen LogP contribution >= 0.6 is 15.6 Å². The summed E-state index contributed by atoms with van der Waals surface area (Å²) in [5, 5.41) is 10.5. The van der Waals surface area contributed by atoms with Gasteiger partial charge in [-0.15, -0.1) is 0 Å². The number of unbranched alkanes of at least 4 members (excludes halogenated alkanes) is 28. The van der Waals surface area contributed by atoms with E-state index in [0.29, 0.717) is 31.6 Å². The largest absolute Gasteiger partial charge is 0.472 e. The van der Waals surface area contributed by atoms with Gasteiger partial charge < -0.3 is 33.8 Å². The smallest absolute Gasteiger partial charge is 0.462 e. The summed E-state index contributed by atoms with van der Waals surface area (Å²) in [5.41, 5.74) is 0. The Kier molecular flexibility index (Phi) is 52.2. The molecule has 0 fully saturated rings. The van der Waals surface area contributed by atoms with E-state index in [9.17, 15) is 43.2 Å². The van der Waals surface area contributed by atoms with E-state index in [2.05, 4.69) is 48.5 Å². The van der Waals surface area contributed by atoms with E-state index < -0.39 is 97.5 Å². The van der Waals surface area contributed by atoms with Crippen LogP contribution in [0.2, 0.25) is 0 Å². The van der Waals surface area contributed by atoms with Crippen molar-refractivity contribution in [1.82, 2.24) is 0 Å². The van der Waals surface area contributed by atoms with E-state index in [0.717, 1.165) is 108 Å². The van der Waals surface area contributed by atoms with Crippen molar-refractivity contribution >= 4 is 39.5 Å². The maximum absolute atomic E-state index is 13.0. The van der Waals surface area contributed by atoms with Crippen LogP contribution in [0.5, 0.6) is 0 Å². The Bertz CT molecular complexity index is 1610. The van der Waals surface area contributed by atoms with Crippen molar-refractivity contribution in [1.29, 1.82) is 0 Å². The van der Waals surface area contributed by atoms with E-state index >= 15 is 0 Å². The molecular weight excluding hydrogens is 1080 g/mol. The molecule has 0 amide bonds. The fourth-order valence-electron chi connectivity index (χ4n) is 9.13. The molecule has 0 radical (unpaired) electrons. The number of rotatable bonds is 60. The van der Waals surface area contributed by atoms with Gasteiger partial charge in [-0.3, -0.25) is 37.3 Å². The lowest BCUT2D eigenvalue weighted by Crippen LogP contribution is -2.30. The molecule has 0 rings (SSSR count). The summed E-state index contributed by atoms with van der Waals surface area (Å²) in [6.45, 7) is 11.6. The minimum Gasteiger partial charge on any atom is -0.462 e. The van der Waals surface area contributed by atoms with Crippen LogP contribution in [0.25, 0.3) is 0 Å². The second kappa shape index (κ2) is 53.5. The maximum atomic E-state index is 13.0. The predicted octanol–water partition coefficient (Wildman–Crippen LogP) is 16.7. The Morgan fingerprint density at radius 2 is 0.568 bits per heavy atom. The monoisotopic (exact) mass is 1200 g/mol. The normalized spacial score (nSPS) is 14.4. The van der Waals surface area contributed by atoms with Crippen LogP contribution in [0.4, 0.5) is 0 Å². The first kappa shape index (κ1) is 79.1. The molecule has 0 aliphatic carbocycles. The number of esters is 4. The van der Waals surface area contributed by atoms with Gasteiger partial charge in [-0.05, 0) is 43.4 Å². The molecule has 0 saturated carbocycles. The number of phosphoric ester groups is 2. The zero-order chi connectivity index (χ0) is 60.3. The summed E-state index contributed by atoms with van der Waals surface area (Å²) in [4.78, 5) is 72.0. The van der Waals surface area contributed by atoms with Crippen LogP contribution < -0.4 is 0 Å². The Morgan fingerprint density at radius 3 is 0.840 bits per heavy atom. The van der Waals surface area contributed by atoms with Crippen molar-refractivity contribution in [3.05, 3.63) is 0 Å². The van der Waals surface area contributed by atoms with Crippen LogP contribution in [0.3, 0.4) is 0 Å². The van der Waals surface area contributed by atoms with Crippen molar-refractivity contribution in [2.45, 2.75) is 317 Å². The van der Waals surface area contributed by atoms with Crippen molar-refractivity contribution in [3.8, 4) is 0 Å². The first-order valence-corrected chi connectivity index (χ1v) is 35.3. The Labute approximate surface area is 492 Å². The minimum atomic E-state index is -4.94. The van der Waals surface area contributed by atoms with Crippen molar-refractivity contribution in [3.63, 3.8) is 0 Å². The number of ether oxygens (including phenoxy) is 4. The quantitative estimate of drug-likeness (QED) is 0.0222. The molecule has 5 atom stereocenters. The average molecular weight is 1200 g/mol. The molecule has 0 aromatic heterocycles. The van der Waals surface area contributed by atoms with E-state index in [-0.39, 0.29) is 25.7 Å². The van der Waals surface area contributed by atoms with Gasteiger partial charge in [0.1, 0.15) is 19.3 Å². The molecule has 0 aliphatic heterocycles. The third-order valence-corrected chi connectivity index (χ3v) is 16.0. The second-order valence-corrected chi connectivity index (χ2v) is 26.8. The molecular formula is C62H120O17P2. The zero-order valence-electron chi connectivity index (χ0n) is 52.2. The molecule has 0 saturated heterocycles. The fraction of sp³-hybridized carbons (Fsp3) is 0.935. The van der Waals surface area contributed by atoms with E-state index in [1.165, 1.54) is 103 Å². The SMILES string of the molecule is CCCCCCCCCCC(=O)OC[C@H](COP(=O)(O)OC[C@H](O)COP(=O)(O)OC[C@@H](COC(=O)CCCCCCCCCCCC(C)C)OC(=O)CCCCCCCCCCCC(C)C)OC(=O)CCCCCCCCC(C)C. The number of hydrogen-bond acceptors (Lipinski definition) is 15. The van der Waals surface area contributed by atoms with E-state index in [4.69, 9.17) is 37.0 Å². The highest BCUT2D eigenvalue weighted by Gasteiger charge is 2.30. The van der Waals surface area contributed by atoms with Crippen LogP contribution in [0.1, 0.15) is 299 Å². The van der Waals surface area contributed by atoms with Gasteiger partial charge in [-0.2, -0.15) is 0 Å². The lowest BCUT2D eigenvalue weighted by molar-refractivity contribution is -0.161. The standard InChI is InChI=1S/C62H120O17P2/c1-8-9-10-11-12-21-29-36-43-59(64)72-50-58(79-62(67)46-39-32-25-24-28-35-42-55(6)7)52-77-81(70,71)75-48-56(63)47-74-80(68,69)76-51-57(78-61(66)45-38-31-23-18-14-16-20-27-34-41-54(4)5)49-73-60(65)44-37-30-22-17-13-15-19-26-33-40-53(2)3/h53-58,63H,8-52H2,1-7H3,(H,68,69)(H,70,71)/t56-,57-,58-/m1/s1. The maximum Gasteiger partial charge on any atom is 0.472 e. The lowest BCUT2D eigenvalue weighted by atomic mass is 10.0. The van der Waals surface area contributed by atoms with Gasteiger partial charge in [0.2, 0.25) is 0 Å². The van der Waals surface area contributed by atoms with Gasteiger partial charge in [0.25, 0.3) is 0 Å². The number of aliphatic hydroxyl groups excluding tert-OH is 1. The van der Waals surface area contributed by atoms with E-state index in [1.54, 1.807) is 0 Å². The second-order valence-electron chi connectivity index (χ2n) is 23.9. The first-order valence-electron chi connectivity index (χ1n) is 32.3. The number of hydrogen-bond donors (Lipinski definition) is 3. The van der Waals surface area contributed by atoms with Gasteiger partial charge in [0.15, 0.2) is 12.2 Å². The minimum absolute atomic E-state index is 0.101. The molecule has 0 spiro atoms. The molecule has 0 aromatic carbocycles. The molecule has 0 aromatic rings. The van der Waals surface area contributed by atoms with Gasteiger partial charge >= 0.3 is 39.5 Å². The number of carbonyl (C=O) groups is 4. The van der Waals surface area contributed by atoms with Gasteiger partial charge in [-0.1, -0.05) is 248 Å². The van der Waals surface area contributed by atoms with Crippen LogP contribution in [0, 0.1) is 17.8 Å². The molecule has 81 heavy (non-hydrogen) atoms. The summed E-state index contributed by atoms with van der Waals surface area (Å²) in [7, 11) is -9.88. The Hall–Kier alpha value is -1.94. The first-order chi connectivity index (χ1) is 38.7. The number of phosphoric acid groups is 2. The molecule has 19 heteroatoms. The fourth-order valence-corrected chi connectivity index (χ4v) is 10.7. The number of aliphatic hydroxyl groups is 1. The predicted molar refractivity (Wildman–Crippen MR) is 321 cm³/mol. The lowest BCUT2D eigenvalue weighted by Gasteiger charge is -2.21. The zero-order valence-corrected chi connectivity index (χ0v) is 54.0. The average Bonchev–Trinajstić information content (AvgIpc) is 3.41. The van der Waals surface area contributed by atoms with Gasteiger partial charge in [0.05, 0.1) is 26.4 Å². The third kappa shape index (κ3) is 56.9. The van der Waals surface area contributed by atoms with Crippen molar-refractivity contribution < 1.29 is 80.2 Å². The van der Waals surface area contributed by atoms with Crippen LogP contribution in [-0.2, 0) is 65.4 Å². The van der Waals surface area contributed by atoms with E-state index in [1.807, 2.05) is 0 Å². The van der Waals surface area contributed by atoms with Crippen LogP contribution in [0.15, 0.2) is 0 Å². The molecule has 0 heterocycles. The van der Waals surface area contributed by atoms with Gasteiger partial charge in [0, 0.05) is 25.7 Å². The van der Waals surface area contributed by atoms with Gasteiger partial charge in [-0.25, -0.2) is 9.13 Å². The molecule has 0 bridgehead atoms. The third-order valence-electron chi connectivity index (χ3n) is 14.1. The summed E-state index contributed by atoms with van der Waals surface area (Å²) >= 11 is 0. The van der Waals surface area contributed by atoms with Crippen LogP contribution in [-0.4, -0.2) is 96.7 Å². The topological polar surface area (TPSA) is 237 Å². The number of carbonyl (C=O) groups excluding carboxylic acids is 4. The van der Waals surface area contributed by atoms with Crippen molar-refractivity contribution in [2.75, 3.05) is 39.6 Å². The highest BCUT2D eigenvalue weighted by Crippen LogP contribution is 2.45. The highest BCUT2D eigenvalue weighted by atomic mass is 31.2. The summed E-state index contributed by atoms with van der Waals surface area (Å²) in [6.07, 6.45) is 33.7. The highest BCUT2D eigenvalue weighted by molar-refractivity contribution is 7.47. The molecule has 2 unspecified atom stereocenters. The molecule has 0 aliphatic rings. The Morgan fingerprint density at radius 1 is 0.333 bits per heavy atom.